The van der Waals surface area contributed by atoms with Gasteiger partial charge < -0.3 is 19.8 Å². The highest BCUT2D eigenvalue weighted by molar-refractivity contribution is 5.76. The van der Waals surface area contributed by atoms with Gasteiger partial charge in [-0.3, -0.25) is 0 Å². The molecule has 0 bridgehead atoms. The van der Waals surface area contributed by atoms with Crippen molar-refractivity contribution < 1.29 is 19.7 Å². The van der Waals surface area contributed by atoms with Crippen molar-refractivity contribution in [2.75, 3.05) is 25.6 Å². The zero-order valence-electron chi connectivity index (χ0n) is 15.4. The van der Waals surface area contributed by atoms with Crippen molar-refractivity contribution in [3.63, 3.8) is 0 Å². The molecule has 8 nitrogen and oxygen atoms in total. The van der Waals surface area contributed by atoms with Crippen molar-refractivity contribution in [2.45, 2.75) is 50.2 Å². The van der Waals surface area contributed by atoms with Crippen LogP contribution in [-0.2, 0) is 9.53 Å². The van der Waals surface area contributed by atoms with Gasteiger partial charge in [0.15, 0.2) is 11.8 Å². The Bertz CT molecular complexity index is 781. The normalized spacial score (nSPS) is 24.4. The maximum Gasteiger partial charge on any atom is 0.337 e. The number of carbonyl (C=O) groups is 1. The monoisotopic (exact) mass is 362 g/mol. The fourth-order valence-corrected chi connectivity index (χ4v) is 3.57. The molecule has 1 aliphatic rings. The minimum Gasteiger partial charge on any atom is -0.464 e. The summed E-state index contributed by atoms with van der Waals surface area (Å²) in [6.45, 7) is 1.85. The summed E-state index contributed by atoms with van der Waals surface area (Å²) < 4.78 is 6.62. The SMILES string of the molecule is CCOC(=O)C(O)C1(O)CCC(c2cc(N(C)C)n3nccc3n2)CC1. The van der Waals surface area contributed by atoms with E-state index in [1.54, 1.807) is 17.6 Å². The highest BCUT2D eigenvalue weighted by Crippen LogP contribution is 2.40. The Hall–Kier alpha value is -2.19. The minimum absolute atomic E-state index is 0.156. The zero-order valence-corrected chi connectivity index (χ0v) is 15.4. The van der Waals surface area contributed by atoms with Crippen LogP contribution in [0.1, 0.15) is 44.2 Å². The predicted molar refractivity (Wildman–Crippen MR) is 96.1 cm³/mol. The average Bonchev–Trinajstić information content (AvgIpc) is 3.09. The molecule has 2 aromatic rings. The first kappa shape index (κ1) is 18.6. The van der Waals surface area contributed by atoms with Gasteiger partial charge in [-0.15, -0.1) is 0 Å². The van der Waals surface area contributed by atoms with Crippen molar-refractivity contribution >= 4 is 17.4 Å². The summed E-state index contributed by atoms with van der Waals surface area (Å²) in [6, 6.07) is 3.87. The lowest BCUT2D eigenvalue weighted by atomic mass is 9.75. The summed E-state index contributed by atoms with van der Waals surface area (Å²) in [6.07, 6.45) is 2.12. The molecule has 0 radical (unpaired) electrons. The van der Waals surface area contributed by atoms with Crippen molar-refractivity contribution in [2.24, 2.45) is 0 Å². The van der Waals surface area contributed by atoms with Gasteiger partial charge in [-0.2, -0.15) is 9.61 Å². The first-order chi connectivity index (χ1) is 12.4. The third-order valence-electron chi connectivity index (χ3n) is 5.11. The second-order valence-corrected chi connectivity index (χ2v) is 7.07. The van der Waals surface area contributed by atoms with E-state index in [1.807, 2.05) is 31.1 Å². The molecule has 0 amide bonds. The number of hydrogen-bond donors (Lipinski definition) is 2. The summed E-state index contributed by atoms with van der Waals surface area (Å²) in [7, 11) is 3.91. The van der Waals surface area contributed by atoms with Crippen LogP contribution in [0.4, 0.5) is 5.82 Å². The molecule has 1 atom stereocenters. The molecule has 1 unspecified atom stereocenters. The smallest absolute Gasteiger partial charge is 0.337 e. The summed E-state index contributed by atoms with van der Waals surface area (Å²) in [4.78, 5) is 18.5. The summed E-state index contributed by atoms with van der Waals surface area (Å²) in [5.74, 6) is 0.327. The van der Waals surface area contributed by atoms with Gasteiger partial charge in [-0.25, -0.2) is 9.78 Å². The summed E-state index contributed by atoms with van der Waals surface area (Å²) >= 11 is 0. The number of anilines is 1. The molecule has 2 N–H and O–H groups in total. The van der Waals surface area contributed by atoms with E-state index in [-0.39, 0.29) is 12.5 Å². The number of nitrogens with zero attached hydrogens (tertiary/aromatic N) is 4. The molecule has 0 aliphatic heterocycles. The zero-order chi connectivity index (χ0) is 18.9. The van der Waals surface area contributed by atoms with Gasteiger partial charge in [-0.05, 0) is 32.6 Å². The molecular formula is C18H26N4O4. The third kappa shape index (κ3) is 3.39. The second-order valence-electron chi connectivity index (χ2n) is 7.07. The average molecular weight is 362 g/mol. The molecule has 1 fully saturated rings. The van der Waals surface area contributed by atoms with Crippen LogP contribution in [-0.4, -0.2) is 63.2 Å². The minimum atomic E-state index is -1.51. The molecule has 142 valence electrons. The van der Waals surface area contributed by atoms with Gasteiger partial charge in [0, 0.05) is 37.8 Å². The molecule has 0 aromatic carbocycles. The second kappa shape index (κ2) is 7.20. The molecule has 8 heteroatoms. The first-order valence-electron chi connectivity index (χ1n) is 8.95. The largest absolute Gasteiger partial charge is 0.464 e. The Morgan fingerprint density at radius 3 is 2.77 bits per heavy atom. The number of ether oxygens (including phenoxy) is 1. The van der Waals surface area contributed by atoms with Gasteiger partial charge in [0.1, 0.15) is 11.4 Å². The quantitative estimate of drug-likeness (QED) is 0.769. The molecular weight excluding hydrogens is 336 g/mol. The van der Waals surface area contributed by atoms with Gasteiger partial charge in [0.25, 0.3) is 0 Å². The van der Waals surface area contributed by atoms with Crippen molar-refractivity contribution in [1.29, 1.82) is 0 Å². The number of aromatic nitrogens is 3. The third-order valence-corrected chi connectivity index (χ3v) is 5.11. The van der Waals surface area contributed by atoms with E-state index in [4.69, 9.17) is 9.72 Å². The van der Waals surface area contributed by atoms with E-state index >= 15 is 0 Å². The molecule has 3 rings (SSSR count). The van der Waals surface area contributed by atoms with Crippen LogP contribution in [0.3, 0.4) is 0 Å². The van der Waals surface area contributed by atoms with Gasteiger partial charge >= 0.3 is 5.97 Å². The molecule has 1 aliphatic carbocycles. The summed E-state index contributed by atoms with van der Waals surface area (Å²) in [5.41, 5.74) is 0.279. The fourth-order valence-electron chi connectivity index (χ4n) is 3.57. The Kier molecular flexibility index (Phi) is 5.15. The number of hydrogen-bond acceptors (Lipinski definition) is 7. The molecule has 0 spiro atoms. The van der Waals surface area contributed by atoms with Crippen molar-refractivity contribution in [1.82, 2.24) is 14.6 Å². The lowest BCUT2D eigenvalue weighted by Crippen LogP contribution is -2.49. The number of fused-ring (bicyclic) bond motifs is 1. The van der Waals surface area contributed by atoms with Gasteiger partial charge in [-0.1, -0.05) is 0 Å². The molecule has 26 heavy (non-hydrogen) atoms. The Morgan fingerprint density at radius 1 is 1.46 bits per heavy atom. The molecule has 2 aromatic heterocycles. The number of rotatable bonds is 5. The molecule has 2 heterocycles. The standard InChI is InChI=1S/C18H26N4O4/c1-4-26-17(24)16(23)18(25)8-5-12(6-9-18)13-11-15(21(2)3)22-14(20-13)7-10-19-22/h7,10-12,16,23,25H,4-6,8-9H2,1-3H3. The summed E-state index contributed by atoms with van der Waals surface area (Å²) in [5, 5.41) is 25.1. The lowest BCUT2D eigenvalue weighted by Gasteiger charge is -2.38. The molecule has 0 saturated heterocycles. The highest BCUT2D eigenvalue weighted by atomic mass is 16.5. The topological polar surface area (TPSA) is 100 Å². The van der Waals surface area contributed by atoms with Gasteiger partial charge in [0.2, 0.25) is 0 Å². The van der Waals surface area contributed by atoms with E-state index in [1.165, 1.54) is 0 Å². The predicted octanol–water partition coefficient (Wildman–Crippen LogP) is 1.11. The Morgan fingerprint density at radius 2 is 2.15 bits per heavy atom. The van der Waals surface area contributed by atoms with Crippen molar-refractivity contribution in [3.05, 3.63) is 24.0 Å². The van der Waals surface area contributed by atoms with Gasteiger partial charge in [0.05, 0.1) is 12.8 Å². The maximum atomic E-state index is 11.8. The van der Waals surface area contributed by atoms with Crippen LogP contribution in [0.2, 0.25) is 0 Å². The van der Waals surface area contributed by atoms with E-state index in [2.05, 4.69) is 5.10 Å². The van der Waals surface area contributed by atoms with E-state index in [0.29, 0.717) is 25.7 Å². The van der Waals surface area contributed by atoms with Crippen LogP contribution in [0.15, 0.2) is 18.3 Å². The van der Waals surface area contributed by atoms with E-state index in [0.717, 1.165) is 17.2 Å². The number of carbonyl (C=O) groups excluding carboxylic acids is 1. The maximum absolute atomic E-state index is 11.8. The lowest BCUT2D eigenvalue weighted by molar-refractivity contribution is -0.173. The Balaban J connectivity index is 1.78. The van der Waals surface area contributed by atoms with Crippen LogP contribution in [0.25, 0.3) is 5.65 Å². The Labute approximate surface area is 152 Å². The van der Waals surface area contributed by atoms with Crippen molar-refractivity contribution in [3.8, 4) is 0 Å². The number of aliphatic hydroxyl groups excluding tert-OH is 1. The fraction of sp³-hybridized carbons (Fsp3) is 0.611. The van der Waals surface area contributed by atoms with E-state index < -0.39 is 17.7 Å². The number of esters is 1. The van der Waals surface area contributed by atoms with Crippen LogP contribution < -0.4 is 4.90 Å². The number of aliphatic hydroxyl groups is 2. The first-order valence-corrected chi connectivity index (χ1v) is 8.95. The van der Waals surface area contributed by atoms with E-state index in [9.17, 15) is 15.0 Å². The van der Waals surface area contributed by atoms with Crippen LogP contribution in [0, 0.1) is 0 Å². The molecule has 1 saturated carbocycles. The van der Waals surface area contributed by atoms with Crippen LogP contribution >= 0.6 is 0 Å². The highest BCUT2D eigenvalue weighted by Gasteiger charge is 2.44. The van der Waals surface area contributed by atoms with Crippen LogP contribution in [0.5, 0.6) is 0 Å².